The van der Waals surface area contributed by atoms with Gasteiger partial charge in [0.15, 0.2) is 30.4 Å². The van der Waals surface area contributed by atoms with Gasteiger partial charge in [-0.15, -0.1) is 0 Å². The Kier molecular flexibility index (Phi) is 27.6. The highest BCUT2D eigenvalue weighted by Crippen LogP contribution is 2.52. The minimum atomic E-state index is -2.43. The van der Waals surface area contributed by atoms with Crippen molar-refractivity contribution in [3.63, 3.8) is 0 Å². The number of nitrogens with one attached hydrogen (secondary N) is 4. The average molecular weight is 1180 g/mol. The largest absolute Gasteiger partial charge is 0.507 e. The molecular weight excluding hydrogens is 1100 g/mol. The molecule has 2 aromatic carbocycles. The van der Waals surface area contributed by atoms with Crippen molar-refractivity contribution in [2.45, 2.75) is 141 Å². The number of rotatable bonds is 37. The molecule has 2 aliphatic carbocycles. The molecule has 1 fully saturated rings. The highest BCUT2D eigenvalue weighted by atomic mass is 16.7. The lowest BCUT2D eigenvalue weighted by molar-refractivity contribution is -0.249. The van der Waals surface area contributed by atoms with Crippen LogP contribution in [0.3, 0.4) is 0 Å². The summed E-state index contributed by atoms with van der Waals surface area (Å²) in [6, 6.07) is 1.92. The molecule has 0 saturated carbocycles. The van der Waals surface area contributed by atoms with Gasteiger partial charge in [0.2, 0.25) is 29.4 Å². The maximum absolute atomic E-state index is 14.1. The van der Waals surface area contributed by atoms with Crippen molar-refractivity contribution in [3.8, 4) is 17.2 Å². The van der Waals surface area contributed by atoms with E-state index in [1.807, 2.05) is 13.8 Å². The molecular formula is C56H82N4O23. The Balaban J connectivity index is 1.15. The number of phenolic OH excluding ortho intramolecular Hbond substituents is 2. The number of carbonyl (C=O) groups is 7. The van der Waals surface area contributed by atoms with Crippen LogP contribution in [-0.4, -0.2) is 221 Å². The second kappa shape index (κ2) is 33.6. The van der Waals surface area contributed by atoms with Crippen molar-refractivity contribution < 1.29 is 111 Å². The summed E-state index contributed by atoms with van der Waals surface area (Å²) in [5.41, 5.74) is -4.46. The first kappa shape index (κ1) is 68.0. The molecule has 83 heavy (non-hydrogen) atoms. The predicted molar refractivity (Wildman–Crippen MR) is 289 cm³/mol. The van der Waals surface area contributed by atoms with Gasteiger partial charge in [0.25, 0.3) is 0 Å². The summed E-state index contributed by atoms with van der Waals surface area (Å²) in [5, 5.41) is 67.0. The second-order valence-electron chi connectivity index (χ2n) is 20.2. The number of benzene rings is 2. The highest BCUT2D eigenvalue weighted by Gasteiger charge is 2.50. The fourth-order valence-electron chi connectivity index (χ4n) is 9.48. The molecule has 7 unspecified atom stereocenters. The van der Waals surface area contributed by atoms with Crippen LogP contribution >= 0.6 is 0 Å². The standard InChI is InChI=1S/C56H82N4O23/c1-31(2)78-23-19-77-22-26-81-34(5)80-25-21-75-17-15-57-42(63)12-11-37(55(71)58-16-18-76-20-24-79-33(4)73-6)59-43(64)13-14-44(65)60-38-27-45(82-32(3)50(38)66)83-40-29-56(72,41(62)30-61)28-36-47(40)54(70)49-48(52(36)68)51(67)35-9-8-10-39(74-7)46(35)53(49)69/h8-10,31-34,37-38,40,45,50,61,66,68,70,72H,11-30H2,1-7H3,(H,57,63)(H,58,71)(H,59,64)(H,60,65)/t32?,33?,34?,37?,38?,40-,45?,50?,56-/m0/s1. The fourth-order valence-corrected chi connectivity index (χ4v) is 9.48. The third kappa shape index (κ3) is 19.6. The number of aromatic hydroxyl groups is 2. The van der Waals surface area contributed by atoms with Crippen LogP contribution in [0.25, 0.3) is 0 Å². The van der Waals surface area contributed by atoms with E-state index in [4.69, 9.17) is 52.1 Å². The smallest absolute Gasteiger partial charge is 0.242 e. The van der Waals surface area contributed by atoms with Crippen molar-refractivity contribution in [1.29, 1.82) is 0 Å². The molecule has 0 bridgehead atoms. The van der Waals surface area contributed by atoms with E-state index in [0.29, 0.717) is 26.4 Å². The maximum atomic E-state index is 14.1. The van der Waals surface area contributed by atoms with Crippen molar-refractivity contribution in [2.24, 2.45) is 0 Å². The van der Waals surface area contributed by atoms with Gasteiger partial charge in [0, 0.05) is 75.4 Å². The molecule has 1 saturated heterocycles. The SMILES string of the molecule is COc1cccc2c1C(=O)c1c(O)c3c(c(O)c1C2=O)C[C@@](O)(C(=O)CO)C[C@@H]3OC1CC(NC(=O)CCC(=O)NC(CCC(=O)NCCOCCOC(C)OCCOCCOC(C)C)C(=O)NCCOCCOC(C)OC)C(O)C(C)O1. The van der Waals surface area contributed by atoms with E-state index in [0.717, 1.165) is 0 Å². The summed E-state index contributed by atoms with van der Waals surface area (Å²) in [5.74, 6) is -6.86. The lowest BCUT2D eigenvalue weighted by Crippen LogP contribution is -2.56. The number of ketones is 3. The van der Waals surface area contributed by atoms with Crippen LogP contribution < -0.4 is 26.0 Å². The Labute approximate surface area is 481 Å². The number of aliphatic hydroxyl groups excluding tert-OH is 2. The maximum Gasteiger partial charge on any atom is 0.242 e. The van der Waals surface area contributed by atoms with Crippen LogP contribution in [0.4, 0.5) is 0 Å². The third-order valence-corrected chi connectivity index (χ3v) is 13.9. The Morgan fingerprint density at radius 2 is 1.34 bits per heavy atom. The minimum Gasteiger partial charge on any atom is -0.507 e. The van der Waals surface area contributed by atoms with Crippen LogP contribution in [0.5, 0.6) is 17.2 Å². The Hall–Kier alpha value is -5.79. The molecule has 9 N–H and O–H groups in total. The van der Waals surface area contributed by atoms with Gasteiger partial charge in [-0.2, -0.15) is 0 Å². The lowest BCUT2D eigenvalue weighted by atomic mass is 9.72. The van der Waals surface area contributed by atoms with E-state index < -0.39 is 151 Å². The average Bonchev–Trinajstić information content (AvgIpc) is 1.02. The first-order valence-electron chi connectivity index (χ1n) is 27.7. The summed E-state index contributed by atoms with van der Waals surface area (Å²) < 4.78 is 61.0. The summed E-state index contributed by atoms with van der Waals surface area (Å²) in [6.07, 6.45) is -8.95. The van der Waals surface area contributed by atoms with Gasteiger partial charge in [-0.1, -0.05) is 12.1 Å². The zero-order valence-corrected chi connectivity index (χ0v) is 48.2. The van der Waals surface area contributed by atoms with Crippen LogP contribution in [0.1, 0.15) is 122 Å². The second-order valence-corrected chi connectivity index (χ2v) is 20.2. The molecule has 1 aliphatic heterocycles. The van der Waals surface area contributed by atoms with Crippen molar-refractivity contribution in [3.05, 3.63) is 51.6 Å². The number of aliphatic hydroxyl groups is 3. The van der Waals surface area contributed by atoms with Crippen molar-refractivity contribution in [1.82, 2.24) is 21.3 Å². The molecule has 0 radical (unpaired) electrons. The number of Topliss-reactive ketones (excluding diaryl/α,β-unsaturated/α-hetero) is 1. The highest BCUT2D eigenvalue weighted by molar-refractivity contribution is 6.31. The van der Waals surface area contributed by atoms with Crippen molar-refractivity contribution >= 4 is 41.0 Å². The number of hydrogen-bond acceptors (Lipinski definition) is 23. The molecule has 5 rings (SSSR count). The number of ether oxygens (including phenoxy) is 11. The first-order chi connectivity index (χ1) is 39.6. The molecule has 0 spiro atoms. The summed E-state index contributed by atoms with van der Waals surface area (Å²) >= 11 is 0. The van der Waals surface area contributed by atoms with Crippen LogP contribution in [-0.2, 0) is 77.8 Å². The molecule has 2 aromatic rings. The van der Waals surface area contributed by atoms with Gasteiger partial charge in [-0.25, -0.2) is 0 Å². The molecule has 3 aliphatic rings. The monoisotopic (exact) mass is 1180 g/mol. The van der Waals surface area contributed by atoms with E-state index in [2.05, 4.69) is 21.3 Å². The molecule has 464 valence electrons. The van der Waals surface area contributed by atoms with Gasteiger partial charge in [0.05, 0.1) is 114 Å². The number of phenols is 2. The van der Waals surface area contributed by atoms with Gasteiger partial charge < -0.3 is 98.9 Å². The van der Waals surface area contributed by atoms with Crippen LogP contribution in [0.15, 0.2) is 18.2 Å². The predicted octanol–water partition coefficient (Wildman–Crippen LogP) is 0.299. The van der Waals surface area contributed by atoms with Crippen molar-refractivity contribution in [2.75, 3.05) is 100.0 Å². The number of amides is 4. The number of carbonyl (C=O) groups excluding carboxylic acids is 7. The minimum absolute atomic E-state index is 0.0188. The molecule has 9 atom stereocenters. The Morgan fingerprint density at radius 1 is 0.735 bits per heavy atom. The zero-order chi connectivity index (χ0) is 60.8. The number of methoxy groups -OCH3 is 2. The van der Waals surface area contributed by atoms with Gasteiger partial charge in [-0.3, -0.25) is 33.6 Å². The van der Waals surface area contributed by atoms with Gasteiger partial charge in [0.1, 0.15) is 41.6 Å². The lowest BCUT2D eigenvalue weighted by Gasteiger charge is -2.43. The molecule has 0 aromatic heterocycles. The van der Waals surface area contributed by atoms with Crippen LogP contribution in [0, 0.1) is 0 Å². The zero-order valence-electron chi connectivity index (χ0n) is 48.2. The fraction of sp³-hybridized carbons (Fsp3) is 0.661. The Bertz CT molecular complexity index is 2510. The van der Waals surface area contributed by atoms with E-state index in [1.54, 1.807) is 13.8 Å². The molecule has 27 heteroatoms. The number of hydrogen-bond donors (Lipinski definition) is 9. The third-order valence-electron chi connectivity index (χ3n) is 13.9. The van der Waals surface area contributed by atoms with Crippen LogP contribution in [0.2, 0.25) is 0 Å². The molecule has 27 nitrogen and oxygen atoms in total. The molecule has 1 heterocycles. The summed E-state index contributed by atoms with van der Waals surface area (Å²) in [7, 11) is 2.78. The molecule has 4 amide bonds. The van der Waals surface area contributed by atoms with Gasteiger partial charge >= 0.3 is 0 Å². The quantitative estimate of drug-likeness (QED) is 0.0213. The van der Waals surface area contributed by atoms with E-state index >= 15 is 0 Å². The topological polar surface area (TPSA) is 370 Å². The summed E-state index contributed by atoms with van der Waals surface area (Å²) in [6.45, 7) is 10.8. The van der Waals surface area contributed by atoms with E-state index in [1.165, 1.54) is 39.3 Å². The van der Waals surface area contributed by atoms with E-state index in [-0.39, 0.29) is 106 Å². The van der Waals surface area contributed by atoms with E-state index in [9.17, 15) is 59.1 Å². The normalized spacial score (nSPS) is 21.3. The Morgan fingerprint density at radius 3 is 1.96 bits per heavy atom. The summed E-state index contributed by atoms with van der Waals surface area (Å²) in [4.78, 5) is 94.2. The first-order valence-corrected chi connectivity index (χ1v) is 27.7. The van der Waals surface area contributed by atoms with Gasteiger partial charge in [-0.05, 0) is 47.1 Å². The number of fused-ring (bicyclic) bond motifs is 3.